The summed E-state index contributed by atoms with van der Waals surface area (Å²) in [7, 11) is -4.32. The molecule has 0 amide bonds. The van der Waals surface area contributed by atoms with Gasteiger partial charge < -0.3 is 8.92 Å². The van der Waals surface area contributed by atoms with Gasteiger partial charge in [0.2, 0.25) is 0 Å². The number of carbonyl (C=O) groups is 2. The highest BCUT2D eigenvalue weighted by molar-refractivity contribution is 7.87. The lowest BCUT2D eigenvalue weighted by Crippen LogP contribution is -2.41. The SMILES string of the molecule is CCC(C)(C(=O)Oc1ccccc1)C(=O)OS(=O)(=O)c1ccccc1. The van der Waals surface area contributed by atoms with Gasteiger partial charge in [-0.05, 0) is 37.6 Å². The minimum Gasteiger partial charge on any atom is -0.426 e. The molecule has 0 aliphatic carbocycles. The Morgan fingerprint density at radius 2 is 1.44 bits per heavy atom. The summed E-state index contributed by atoms with van der Waals surface area (Å²) in [6, 6.07) is 15.4. The maximum Gasteiger partial charge on any atom is 0.341 e. The number of ether oxygens (including phenoxy) is 1. The van der Waals surface area contributed by atoms with Crippen molar-refractivity contribution in [3.05, 3.63) is 60.7 Å². The Balaban J connectivity index is 2.20. The quantitative estimate of drug-likeness (QED) is 0.340. The standard InChI is InChI=1S/C18H18O6S/c1-3-18(2,16(19)23-14-10-6-4-7-11-14)17(20)24-25(21,22)15-12-8-5-9-13-15/h4-13H,3H2,1-2H3. The van der Waals surface area contributed by atoms with Crippen LogP contribution in [0, 0.1) is 5.41 Å². The van der Waals surface area contributed by atoms with E-state index in [1.807, 2.05) is 0 Å². The molecule has 0 fully saturated rings. The fourth-order valence-electron chi connectivity index (χ4n) is 1.91. The molecule has 2 aromatic rings. The molecule has 0 saturated carbocycles. The van der Waals surface area contributed by atoms with Crippen LogP contribution in [0.1, 0.15) is 20.3 Å². The minimum atomic E-state index is -4.32. The summed E-state index contributed by atoms with van der Waals surface area (Å²) in [4.78, 5) is 24.7. The average Bonchev–Trinajstić information content (AvgIpc) is 2.62. The third-order valence-corrected chi connectivity index (χ3v) is 5.00. The van der Waals surface area contributed by atoms with E-state index < -0.39 is 27.5 Å². The lowest BCUT2D eigenvalue weighted by molar-refractivity contribution is -0.159. The van der Waals surface area contributed by atoms with Crippen LogP contribution in [-0.2, 0) is 23.9 Å². The molecule has 0 aromatic heterocycles. The molecule has 132 valence electrons. The van der Waals surface area contributed by atoms with Crippen molar-refractivity contribution in [2.75, 3.05) is 0 Å². The zero-order valence-electron chi connectivity index (χ0n) is 13.8. The van der Waals surface area contributed by atoms with Crippen molar-refractivity contribution >= 4 is 22.1 Å². The Morgan fingerprint density at radius 3 is 1.96 bits per heavy atom. The van der Waals surface area contributed by atoms with E-state index in [4.69, 9.17) is 4.74 Å². The Hall–Kier alpha value is -2.67. The Morgan fingerprint density at radius 1 is 0.920 bits per heavy atom. The molecule has 0 spiro atoms. The second-order valence-corrected chi connectivity index (χ2v) is 7.07. The summed E-state index contributed by atoms with van der Waals surface area (Å²) in [5.74, 6) is -1.81. The summed E-state index contributed by atoms with van der Waals surface area (Å²) in [5, 5.41) is 0. The lowest BCUT2D eigenvalue weighted by atomic mass is 9.88. The zero-order chi connectivity index (χ0) is 18.5. The van der Waals surface area contributed by atoms with Crippen LogP contribution >= 0.6 is 0 Å². The normalized spacial score (nSPS) is 13.5. The first kappa shape index (κ1) is 18.7. The molecule has 0 radical (unpaired) electrons. The number of esters is 1. The van der Waals surface area contributed by atoms with Gasteiger partial charge in [-0.2, -0.15) is 8.42 Å². The second-order valence-electron chi connectivity index (χ2n) is 5.53. The minimum absolute atomic E-state index is 0.0157. The van der Waals surface area contributed by atoms with Crippen molar-refractivity contribution in [2.45, 2.75) is 25.2 Å². The van der Waals surface area contributed by atoms with Gasteiger partial charge in [-0.15, -0.1) is 0 Å². The number of hydrogen-bond acceptors (Lipinski definition) is 6. The van der Waals surface area contributed by atoms with Crippen LogP contribution in [0.25, 0.3) is 0 Å². The summed E-state index contributed by atoms with van der Waals surface area (Å²) in [5.41, 5.74) is -1.75. The largest absolute Gasteiger partial charge is 0.426 e. The van der Waals surface area contributed by atoms with E-state index in [1.54, 1.807) is 43.3 Å². The van der Waals surface area contributed by atoms with E-state index in [0.29, 0.717) is 0 Å². The summed E-state index contributed by atoms with van der Waals surface area (Å²) in [6.07, 6.45) is 0.0157. The first-order valence-electron chi connectivity index (χ1n) is 7.61. The number of benzene rings is 2. The van der Waals surface area contributed by atoms with E-state index in [0.717, 1.165) is 0 Å². The lowest BCUT2D eigenvalue weighted by Gasteiger charge is -2.23. The van der Waals surface area contributed by atoms with Crippen molar-refractivity contribution in [3.63, 3.8) is 0 Å². The van der Waals surface area contributed by atoms with Crippen LogP contribution in [0.15, 0.2) is 65.6 Å². The molecule has 0 saturated heterocycles. The summed E-state index contributed by atoms with van der Waals surface area (Å²) < 4.78 is 34.2. The van der Waals surface area contributed by atoms with Crippen molar-refractivity contribution in [3.8, 4) is 5.75 Å². The van der Waals surface area contributed by atoms with Crippen LogP contribution in [0.2, 0.25) is 0 Å². The molecule has 25 heavy (non-hydrogen) atoms. The van der Waals surface area contributed by atoms with E-state index >= 15 is 0 Å². The van der Waals surface area contributed by atoms with Gasteiger partial charge in [0.05, 0.1) is 0 Å². The zero-order valence-corrected chi connectivity index (χ0v) is 14.7. The molecular formula is C18H18O6S. The van der Waals surface area contributed by atoms with Gasteiger partial charge in [0.25, 0.3) is 0 Å². The van der Waals surface area contributed by atoms with Crippen molar-refractivity contribution in [2.24, 2.45) is 5.41 Å². The summed E-state index contributed by atoms with van der Waals surface area (Å²) in [6.45, 7) is 2.86. The van der Waals surface area contributed by atoms with E-state index in [9.17, 15) is 18.0 Å². The van der Waals surface area contributed by atoms with Crippen LogP contribution in [0.5, 0.6) is 5.75 Å². The Bertz CT molecular complexity index is 846. The third-order valence-electron chi connectivity index (χ3n) is 3.78. The molecule has 0 bridgehead atoms. The summed E-state index contributed by atoms with van der Waals surface area (Å²) >= 11 is 0. The fourth-order valence-corrected chi connectivity index (χ4v) is 2.88. The Kier molecular flexibility index (Phi) is 5.58. The van der Waals surface area contributed by atoms with Gasteiger partial charge in [-0.3, -0.25) is 4.79 Å². The van der Waals surface area contributed by atoms with Gasteiger partial charge in [-0.25, -0.2) is 4.79 Å². The van der Waals surface area contributed by atoms with Crippen LogP contribution in [0.4, 0.5) is 0 Å². The predicted molar refractivity (Wildman–Crippen MR) is 90.2 cm³/mol. The molecule has 0 heterocycles. The molecule has 0 aliphatic rings. The number of para-hydroxylation sites is 1. The van der Waals surface area contributed by atoms with Gasteiger partial charge in [0.15, 0.2) is 5.41 Å². The molecule has 2 aromatic carbocycles. The van der Waals surface area contributed by atoms with Gasteiger partial charge in [0, 0.05) is 0 Å². The van der Waals surface area contributed by atoms with Gasteiger partial charge >= 0.3 is 22.1 Å². The molecule has 0 aliphatic heterocycles. The number of hydrogen-bond donors (Lipinski definition) is 0. The van der Waals surface area contributed by atoms with E-state index in [-0.39, 0.29) is 17.1 Å². The third kappa shape index (κ3) is 4.24. The number of rotatable bonds is 6. The average molecular weight is 362 g/mol. The van der Waals surface area contributed by atoms with Gasteiger partial charge in [-0.1, -0.05) is 43.3 Å². The maximum absolute atomic E-state index is 12.4. The van der Waals surface area contributed by atoms with Crippen molar-refractivity contribution in [1.29, 1.82) is 0 Å². The molecular weight excluding hydrogens is 344 g/mol. The van der Waals surface area contributed by atoms with Crippen LogP contribution in [-0.4, -0.2) is 20.4 Å². The number of carbonyl (C=O) groups excluding carboxylic acids is 2. The van der Waals surface area contributed by atoms with Crippen molar-refractivity contribution in [1.82, 2.24) is 0 Å². The molecule has 7 heteroatoms. The van der Waals surface area contributed by atoms with E-state index in [2.05, 4.69) is 4.18 Å². The first-order chi connectivity index (χ1) is 11.8. The van der Waals surface area contributed by atoms with Crippen molar-refractivity contribution < 1.29 is 26.9 Å². The molecule has 0 N–H and O–H groups in total. The molecule has 1 atom stereocenters. The monoisotopic (exact) mass is 362 g/mol. The highest BCUT2D eigenvalue weighted by atomic mass is 32.2. The van der Waals surface area contributed by atoms with Crippen LogP contribution in [0.3, 0.4) is 0 Å². The first-order valence-corrected chi connectivity index (χ1v) is 9.02. The maximum atomic E-state index is 12.4. The second kappa shape index (κ2) is 7.48. The van der Waals surface area contributed by atoms with Gasteiger partial charge in [0.1, 0.15) is 10.6 Å². The molecule has 6 nitrogen and oxygen atoms in total. The fraction of sp³-hybridized carbons (Fsp3) is 0.222. The molecule has 2 rings (SSSR count). The van der Waals surface area contributed by atoms with Crippen LogP contribution < -0.4 is 4.74 Å². The topological polar surface area (TPSA) is 86.7 Å². The Labute approximate surface area is 146 Å². The highest BCUT2D eigenvalue weighted by Crippen LogP contribution is 2.28. The smallest absolute Gasteiger partial charge is 0.341 e. The highest BCUT2D eigenvalue weighted by Gasteiger charge is 2.45. The molecule has 1 unspecified atom stereocenters. The van der Waals surface area contributed by atoms with E-state index in [1.165, 1.54) is 31.2 Å². The predicted octanol–water partition coefficient (Wildman–Crippen LogP) is 2.94.